The third kappa shape index (κ3) is 5.67. The summed E-state index contributed by atoms with van der Waals surface area (Å²) in [5.41, 5.74) is 22.2. The summed E-state index contributed by atoms with van der Waals surface area (Å²) in [6.07, 6.45) is 0. The molecule has 0 N–H and O–H groups in total. The minimum absolute atomic E-state index is 0.00566. The molecule has 0 unspecified atom stereocenters. The van der Waals surface area contributed by atoms with Gasteiger partial charge >= 0.3 is 0 Å². The summed E-state index contributed by atoms with van der Waals surface area (Å²) in [5.74, 6) is 0. The second-order valence-corrected chi connectivity index (χ2v) is 18.0. The summed E-state index contributed by atoms with van der Waals surface area (Å²) in [6.45, 7) is 15.9. The van der Waals surface area contributed by atoms with Crippen molar-refractivity contribution < 1.29 is 4.42 Å². The van der Waals surface area contributed by atoms with Crippen LogP contribution in [0.2, 0.25) is 0 Å². The van der Waals surface area contributed by atoms with Crippen molar-refractivity contribution >= 4 is 96.2 Å². The van der Waals surface area contributed by atoms with E-state index in [0.717, 1.165) is 39.0 Å². The molecule has 0 amide bonds. The molecule has 8 aromatic carbocycles. The molecular weight excluding hydrogens is 741 g/mol. The zero-order chi connectivity index (χ0) is 41.7. The Bertz CT molecular complexity index is 3080. The fourth-order valence-corrected chi connectivity index (χ4v) is 10.1. The van der Waals surface area contributed by atoms with Crippen LogP contribution in [0, 0.1) is 27.7 Å². The molecule has 11 rings (SSSR count). The summed E-state index contributed by atoms with van der Waals surface area (Å²) in [6, 6.07) is 60.4. The molecule has 5 heteroatoms. The first-order chi connectivity index (χ1) is 29.6. The maximum atomic E-state index is 6.86. The van der Waals surface area contributed by atoms with Gasteiger partial charge in [-0.05, 0) is 126 Å². The van der Waals surface area contributed by atoms with E-state index in [4.69, 9.17) is 4.42 Å². The molecule has 4 nitrogen and oxygen atoms in total. The SMILES string of the molecule is Cc1ccccc1N1c2cc(N(c3ccc(C(C)(C)C)cc3)c3cccc4c3oc3ccccc34)cc3c2B(c2cccc(C)c21)c1cccc(C)c1N3c1ccccc1C. The van der Waals surface area contributed by atoms with E-state index >= 15 is 0 Å². The molecule has 0 radical (unpaired) electrons. The van der Waals surface area contributed by atoms with Crippen molar-refractivity contribution in [3.05, 3.63) is 192 Å². The van der Waals surface area contributed by atoms with Crippen LogP contribution in [-0.2, 0) is 5.41 Å². The zero-order valence-corrected chi connectivity index (χ0v) is 35.9. The molecule has 1 aromatic heterocycles. The second-order valence-electron chi connectivity index (χ2n) is 18.0. The first-order valence-corrected chi connectivity index (χ1v) is 21.5. The van der Waals surface area contributed by atoms with Crippen molar-refractivity contribution in [2.75, 3.05) is 14.7 Å². The summed E-state index contributed by atoms with van der Waals surface area (Å²) < 4.78 is 6.86. The van der Waals surface area contributed by atoms with E-state index in [9.17, 15) is 0 Å². The molecule has 0 saturated heterocycles. The third-order valence-corrected chi connectivity index (χ3v) is 13.1. The lowest BCUT2D eigenvalue weighted by Gasteiger charge is -2.46. The van der Waals surface area contributed by atoms with Crippen LogP contribution in [0.1, 0.15) is 48.6 Å². The lowest BCUT2D eigenvalue weighted by molar-refractivity contribution is 0.590. The van der Waals surface area contributed by atoms with Gasteiger partial charge in [-0.1, -0.05) is 136 Å². The Hall–Kier alpha value is -6.98. The summed E-state index contributed by atoms with van der Waals surface area (Å²) >= 11 is 0. The van der Waals surface area contributed by atoms with E-state index < -0.39 is 0 Å². The molecule has 2 aliphatic heterocycles. The summed E-state index contributed by atoms with van der Waals surface area (Å²) in [4.78, 5) is 7.53. The van der Waals surface area contributed by atoms with Crippen LogP contribution >= 0.6 is 0 Å². The summed E-state index contributed by atoms with van der Waals surface area (Å²) in [7, 11) is 0. The highest BCUT2D eigenvalue weighted by molar-refractivity contribution is 7.00. The van der Waals surface area contributed by atoms with Gasteiger partial charge in [0.2, 0.25) is 0 Å². The topological polar surface area (TPSA) is 22.9 Å². The number of nitrogens with zero attached hydrogens (tertiary/aromatic N) is 3. The molecule has 61 heavy (non-hydrogen) atoms. The van der Waals surface area contributed by atoms with Gasteiger partial charge in [-0.3, -0.25) is 0 Å². The smallest absolute Gasteiger partial charge is 0.252 e. The number of hydrogen-bond donors (Lipinski definition) is 0. The highest BCUT2D eigenvalue weighted by Crippen LogP contribution is 2.51. The van der Waals surface area contributed by atoms with Crippen molar-refractivity contribution in [2.45, 2.75) is 53.9 Å². The molecule has 0 fully saturated rings. The monoisotopic (exact) mass is 789 g/mol. The van der Waals surface area contributed by atoms with Gasteiger partial charge in [0.15, 0.2) is 5.58 Å². The Balaban J connectivity index is 1.29. The van der Waals surface area contributed by atoms with Gasteiger partial charge in [0.05, 0.1) is 11.4 Å². The molecule has 0 aliphatic carbocycles. The molecule has 2 aliphatic rings. The van der Waals surface area contributed by atoms with Gasteiger partial charge < -0.3 is 19.1 Å². The normalized spacial score (nSPS) is 13.1. The number of aryl methyl sites for hydroxylation is 4. The summed E-state index contributed by atoms with van der Waals surface area (Å²) in [5, 5.41) is 2.21. The van der Waals surface area contributed by atoms with Gasteiger partial charge in [0.25, 0.3) is 6.71 Å². The van der Waals surface area contributed by atoms with Crippen LogP contribution in [0.4, 0.5) is 51.2 Å². The van der Waals surface area contributed by atoms with E-state index in [1.807, 2.05) is 0 Å². The average molecular weight is 790 g/mol. The van der Waals surface area contributed by atoms with Crippen LogP contribution in [0.3, 0.4) is 0 Å². The quantitative estimate of drug-likeness (QED) is 0.162. The fourth-order valence-electron chi connectivity index (χ4n) is 10.1. The van der Waals surface area contributed by atoms with E-state index in [0.29, 0.717) is 0 Å². The first-order valence-electron chi connectivity index (χ1n) is 21.5. The van der Waals surface area contributed by atoms with Gasteiger partial charge in [-0.15, -0.1) is 0 Å². The highest BCUT2D eigenvalue weighted by Gasteiger charge is 2.45. The van der Waals surface area contributed by atoms with Gasteiger partial charge in [0, 0.05) is 50.6 Å². The van der Waals surface area contributed by atoms with Crippen LogP contribution in [0.25, 0.3) is 21.9 Å². The van der Waals surface area contributed by atoms with Crippen molar-refractivity contribution in [1.29, 1.82) is 0 Å². The van der Waals surface area contributed by atoms with Gasteiger partial charge in [-0.2, -0.15) is 0 Å². The number of benzene rings is 8. The molecular formula is C56H48BN3O. The first kappa shape index (κ1) is 37.1. The molecule has 0 atom stereocenters. The van der Waals surface area contributed by atoms with Gasteiger partial charge in [-0.25, -0.2) is 0 Å². The molecule has 0 saturated carbocycles. The van der Waals surface area contributed by atoms with Crippen molar-refractivity contribution in [3.8, 4) is 0 Å². The largest absolute Gasteiger partial charge is 0.454 e. The lowest BCUT2D eigenvalue weighted by atomic mass is 9.33. The predicted molar refractivity (Wildman–Crippen MR) is 260 cm³/mol. The number of para-hydroxylation sites is 6. The van der Waals surface area contributed by atoms with Crippen molar-refractivity contribution in [3.63, 3.8) is 0 Å². The van der Waals surface area contributed by atoms with Crippen LogP contribution in [-0.4, -0.2) is 6.71 Å². The number of rotatable bonds is 5. The Morgan fingerprint density at radius 1 is 0.475 bits per heavy atom. The molecule has 296 valence electrons. The Labute approximate surface area is 359 Å². The van der Waals surface area contributed by atoms with E-state index in [-0.39, 0.29) is 12.1 Å². The highest BCUT2D eigenvalue weighted by atomic mass is 16.3. The number of anilines is 9. The molecule has 3 heterocycles. The minimum Gasteiger partial charge on any atom is -0.454 e. The number of hydrogen-bond acceptors (Lipinski definition) is 4. The second kappa shape index (κ2) is 13.8. The van der Waals surface area contributed by atoms with E-state index in [2.05, 4.69) is 227 Å². The standard InChI is InChI=1S/C56H48BN3O/c1-35-17-8-11-25-46(35)59-49-33-41(58(40-31-29-39(30-32-40)56(5,6)7)48-27-16-22-43-42-21-10-13-28-51(42)61-55(43)48)34-50-52(49)57(44-23-14-19-37(3)53(44)59)45-24-15-20-38(4)54(45)60(50)47-26-12-9-18-36(47)2/h8-34H,1-7H3. The Morgan fingerprint density at radius 3 is 1.56 bits per heavy atom. The number of furan rings is 1. The van der Waals surface area contributed by atoms with Crippen LogP contribution in [0.15, 0.2) is 168 Å². The van der Waals surface area contributed by atoms with Crippen LogP contribution < -0.4 is 31.1 Å². The van der Waals surface area contributed by atoms with Crippen molar-refractivity contribution in [1.82, 2.24) is 0 Å². The maximum Gasteiger partial charge on any atom is 0.252 e. The number of fused-ring (bicyclic) bond motifs is 7. The van der Waals surface area contributed by atoms with Crippen LogP contribution in [0.5, 0.6) is 0 Å². The Morgan fingerprint density at radius 2 is 0.984 bits per heavy atom. The zero-order valence-electron chi connectivity index (χ0n) is 35.9. The molecule has 9 aromatic rings. The van der Waals surface area contributed by atoms with E-state index in [1.54, 1.807) is 0 Å². The van der Waals surface area contributed by atoms with Crippen molar-refractivity contribution in [2.24, 2.45) is 0 Å². The fraction of sp³-hybridized carbons (Fsp3) is 0.143. The van der Waals surface area contributed by atoms with E-state index in [1.165, 1.54) is 78.3 Å². The maximum absolute atomic E-state index is 6.86. The predicted octanol–water partition coefficient (Wildman–Crippen LogP) is 13.7. The average Bonchev–Trinajstić information content (AvgIpc) is 3.64. The third-order valence-electron chi connectivity index (χ3n) is 13.1. The minimum atomic E-state index is 0.00566. The molecule has 0 bridgehead atoms. The lowest BCUT2D eigenvalue weighted by Crippen LogP contribution is -2.61. The molecule has 0 spiro atoms. The Kier molecular flexibility index (Phi) is 8.38. The van der Waals surface area contributed by atoms with Gasteiger partial charge in [0.1, 0.15) is 5.58 Å².